The number of sulfone groups is 1. The molecule has 1 fully saturated rings. The molecule has 20 heavy (non-hydrogen) atoms. The maximum absolute atomic E-state index is 14.4. The van der Waals surface area contributed by atoms with Crippen LogP contribution >= 0.6 is 0 Å². The van der Waals surface area contributed by atoms with Gasteiger partial charge in [0.1, 0.15) is 22.1 Å². The Morgan fingerprint density at radius 2 is 1.85 bits per heavy atom. The number of nitrogens with zero attached hydrogens (tertiary/aromatic N) is 1. The second-order valence-corrected chi connectivity index (χ2v) is 6.93. The molecule has 1 saturated carbocycles. The molecule has 0 spiro atoms. The molecule has 0 bridgehead atoms. The molecule has 1 aromatic rings. The first-order chi connectivity index (χ1) is 9.32. The van der Waals surface area contributed by atoms with Gasteiger partial charge in [-0.2, -0.15) is 4.99 Å². The van der Waals surface area contributed by atoms with Gasteiger partial charge in [0.05, 0.1) is 5.56 Å². The van der Waals surface area contributed by atoms with Gasteiger partial charge in [-0.3, -0.25) is 0 Å². The number of halogens is 2. The van der Waals surface area contributed by atoms with Crippen molar-refractivity contribution >= 4 is 15.9 Å². The van der Waals surface area contributed by atoms with E-state index in [0.717, 1.165) is 18.4 Å². The summed E-state index contributed by atoms with van der Waals surface area (Å²) in [6.45, 7) is 0. The van der Waals surface area contributed by atoms with Gasteiger partial charge < -0.3 is 0 Å². The summed E-state index contributed by atoms with van der Waals surface area (Å²) in [5.41, 5.74) is -1.78. The Kier molecular flexibility index (Phi) is 3.75. The third-order valence-electron chi connectivity index (χ3n) is 3.61. The van der Waals surface area contributed by atoms with Gasteiger partial charge in [-0.05, 0) is 25.0 Å². The van der Waals surface area contributed by atoms with E-state index in [-0.39, 0.29) is 0 Å². The molecule has 1 aliphatic rings. The molecule has 0 N–H and O–H groups in total. The van der Waals surface area contributed by atoms with Crippen LogP contribution in [0.2, 0.25) is 0 Å². The third-order valence-corrected chi connectivity index (χ3v) is 4.73. The summed E-state index contributed by atoms with van der Waals surface area (Å²) in [7, 11) is -3.83. The second kappa shape index (κ2) is 5.07. The summed E-state index contributed by atoms with van der Waals surface area (Å²) in [4.78, 5) is 13.6. The smallest absolute Gasteiger partial charge is 0.224 e. The van der Waals surface area contributed by atoms with E-state index in [4.69, 9.17) is 0 Å². The molecule has 0 amide bonds. The van der Waals surface area contributed by atoms with Crippen LogP contribution in [0.25, 0.3) is 0 Å². The van der Waals surface area contributed by atoms with Crippen molar-refractivity contribution in [3.8, 4) is 0 Å². The van der Waals surface area contributed by atoms with Gasteiger partial charge in [-0.15, -0.1) is 0 Å². The lowest BCUT2D eigenvalue weighted by Crippen LogP contribution is -2.24. The van der Waals surface area contributed by atoms with E-state index in [1.165, 1.54) is 6.08 Å². The molecular formula is C13H13F2NO3S. The molecule has 0 aromatic heterocycles. The fourth-order valence-corrected chi connectivity index (χ4v) is 3.45. The van der Waals surface area contributed by atoms with E-state index < -0.39 is 37.5 Å². The Balaban J connectivity index is 2.76. The highest BCUT2D eigenvalue weighted by atomic mass is 32.2. The summed E-state index contributed by atoms with van der Waals surface area (Å²) in [6, 6.07) is 1.78. The minimum Gasteiger partial charge on any atom is -0.224 e. The van der Waals surface area contributed by atoms with Gasteiger partial charge in [-0.25, -0.2) is 22.0 Å². The summed E-state index contributed by atoms with van der Waals surface area (Å²) in [6.07, 6.45) is 4.11. The summed E-state index contributed by atoms with van der Waals surface area (Å²) in [5.74, 6) is -2.05. The standard InChI is InChI=1S/C13H13F2NO3S/c1-20(18,19)10-5-4-9(14)11(12(10)15)13(16-8-17)6-2-3-7-13/h4-5H,2-3,6-7H2,1H3. The van der Waals surface area contributed by atoms with Crippen molar-refractivity contribution in [2.45, 2.75) is 36.1 Å². The Morgan fingerprint density at radius 1 is 1.25 bits per heavy atom. The molecule has 7 heteroatoms. The molecule has 0 aliphatic heterocycles. The molecule has 4 nitrogen and oxygen atoms in total. The fourth-order valence-electron chi connectivity index (χ4n) is 2.71. The number of hydrogen-bond acceptors (Lipinski definition) is 4. The first-order valence-electron chi connectivity index (χ1n) is 6.09. The first-order valence-corrected chi connectivity index (χ1v) is 7.98. The summed E-state index contributed by atoms with van der Waals surface area (Å²) >= 11 is 0. The maximum Gasteiger partial charge on any atom is 0.235 e. The van der Waals surface area contributed by atoms with Crippen LogP contribution in [-0.4, -0.2) is 20.8 Å². The predicted octanol–water partition coefficient (Wildman–Crippen LogP) is 2.47. The average molecular weight is 301 g/mol. The van der Waals surface area contributed by atoms with Crippen LogP contribution in [0.15, 0.2) is 22.0 Å². The number of hydrogen-bond donors (Lipinski definition) is 0. The van der Waals surface area contributed by atoms with Crippen molar-refractivity contribution in [2.75, 3.05) is 6.26 Å². The zero-order valence-electron chi connectivity index (χ0n) is 10.8. The van der Waals surface area contributed by atoms with E-state index >= 15 is 0 Å². The molecule has 1 aromatic carbocycles. The highest BCUT2D eigenvalue weighted by Crippen LogP contribution is 2.45. The zero-order valence-corrected chi connectivity index (χ0v) is 11.6. The Labute approximate surface area is 115 Å². The molecule has 108 valence electrons. The largest absolute Gasteiger partial charge is 0.235 e. The number of carbonyl (C=O) groups excluding carboxylic acids is 1. The van der Waals surface area contributed by atoms with E-state index in [2.05, 4.69) is 4.99 Å². The van der Waals surface area contributed by atoms with Crippen LogP contribution in [0, 0.1) is 11.6 Å². The van der Waals surface area contributed by atoms with Crippen molar-refractivity contribution < 1.29 is 22.0 Å². The average Bonchev–Trinajstić information content (AvgIpc) is 2.77. The monoisotopic (exact) mass is 301 g/mol. The third kappa shape index (κ3) is 2.39. The van der Waals surface area contributed by atoms with Crippen molar-refractivity contribution in [3.63, 3.8) is 0 Å². The lowest BCUT2D eigenvalue weighted by Gasteiger charge is -2.24. The maximum atomic E-state index is 14.4. The lowest BCUT2D eigenvalue weighted by molar-refractivity contribution is 0.398. The number of isocyanates is 1. The Hall–Kier alpha value is -1.59. The van der Waals surface area contributed by atoms with Gasteiger partial charge in [0, 0.05) is 6.26 Å². The van der Waals surface area contributed by atoms with Crippen molar-refractivity contribution in [1.82, 2.24) is 0 Å². The van der Waals surface area contributed by atoms with Crippen LogP contribution in [0.5, 0.6) is 0 Å². The quantitative estimate of drug-likeness (QED) is 0.489. The van der Waals surface area contributed by atoms with Crippen LogP contribution in [0.1, 0.15) is 31.2 Å². The molecule has 0 radical (unpaired) electrons. The minimum absolute atomic E-state index is 0.295. The number of rotatable bonds is 3. The van der Waals surface area contributed by atoms with Crippen LogP contribution < -0.4 is 0 Å². The first kappa shape index (κ1) is 14.8. The topological polar surface area (TPSA) is 63.6 Å². The van der Waals surface area contributed by atoms with Gasteiger partial charge in [0.2, 0.25) is 6.08 Å². The number of benzene rings is 1. The SMILES string of the molecule is CS(=O)(=O)c1ccc(F)c(C2(N=C=O)CCCC2)c1F. The second-order valence-electron chi connectivity index (χ2n) is 4.95. The van der Waals surface area contributed by atoms with E-state index in [0.29, 0.717) is 25.7 Å². The van der Waals surface area contributed by atoms with E-state index in [1.54, 1.807) is 0 Å². The van der Waals surface area contributed by atoms with E-state index in [1.807, 2.05) is 0 Å². The van der Waals surface area contributed by atoms with Crippen LogP contribution in [0.4, 0.5) is 8.78 Å². The van der Waals surface area contributed by atoms with Crippen molar-refractivity contribution in [3.05, 3.63) is 29.3 Å². The van der Waals surface area contributed by atoms with Crippen molar-refractivity contribution in [1.29, 1.82) is 0 Å². The van der Waals surface area contributed by atoms with Crippen molar-refractivity contribution in [2.24, 2.45) is 4.99 Å². The molecule has 1 aliphatic carbocycles. The summed E-state index contributed by atoms with van der Waals surface area (Å²) < 4.78 is 51.5. The zero-order chi connectivity index (χ0) is 15.0. The highest BCUT2D eigenvalue weighted by molar-refractivity contribution is 7.90. The van der Waals surface area contributed by atoms with Gasteiger partial charge in [0.15, 0.2) is 9.84 Å². The molecule has 0 heterocycles. The van der Waals surface area contributed by atoms with Crippen LogP contribution in [-0.2, 0) is 20.2 Å². The Morgan fingerprint density at radius 3 is 2.35 bits per heavy atom. The van der Waals surface area contributed by atoms with E-state index in [9.17, 15) is 22.0 Å². The van der Waals surface area contributed by atoms with Gasteiger partial charge in [-0.1, -0.05) is 12.8 Å². The molecule has 0 unspecified atom stereocenters. The minimum atomic E-state index is -3.83. The molecular weight excluding hydrogens is 288 g/mol. The molecule has 0 saturated heterocycles. The number of aliphatic imine (C=N–C) groups is 1. The molecule has 2 rings (SSSR count). The van der Waals surface area contributed by atoms with Gasteiger partial charge in [0.25, 0.3) is 0 Å². The van der Waals surface area contributed by atoms with Gasteiger partial charge >= 0.3 is 0 Å². The fraction of sp³-hybridized carbons (Fsp3) is 0.462. The lowest BCUT2D eigenvalue weighted by atomic mass is 9.88. The predicted molar refractivity (Wildman–Crippen MR) is 67.7 cm³/mol. The van der Waals surface area contributed by atoms with Crippen LogP contribution in [0.3, 0.4) is 0 Å². The normalized spacial score (nSPS) is 17.8. The Bertz CT molecular complexity index is 688. The summed E-state index contributed by atoms with van der Waals surface area (Å²) in [5, 5.41) is 0. The highest BCUT2D eigenvalue weighted by Gasteiger charge is 2.41. The molecule has 0 atom stereocenters.